The van der Waals surface area contributed by atoms with Crippen LogP contribution in [0.3, 0.4) is 0 Å². The van der Waals surface area contributed by atoms with Gasteiger partial charge in [-0.05, 0) is 36.8 Å². The number of hydrogen-bond donors (Lipinski definition) is 1. The lowest BCUT2D eigenvalue weighted by Gasteiger charge is -2.16. The molecule has 0 saturated carbocycles. The van der Waals surface area contributed by atoms with Crippen molar-refractivity contribution in [2.24, 2.45) is 0 Å². The van der Waals surface area contributed by atoms with Crippen LogP contribution >= 0.6 is 11.6 Å². The fourth-order valence-electron chi connectivity index (χ4n) is 1.78. The number of nitrogens with one attached hydrogen (secondary N) is 1. The first-order valence-electron chi connectivity index (χ1n) is 6.07. The number of aromatic nitrogens is 1. The molecule has 21 heavy (non-hydrogen) atoms. The summed E-state index contributed by atoms with van der Waals surface area (Å²) in [6, 6.07) is 9.01. The Hall–Kier alpha value is -1.95. The van der Waals surface area contributed by atoms with Crippen molar-refractivity contribution in [3.63, 3.8) is 0 Å². The molecule has 1 aromatic heterocycles. The van der Waals surface area contributed by atoms with E-state index in [1.54, 1.807) is 30.5 Å². The molecule has 0 aliphatic rings. The third-order valence-corrected chi connectivity index (χ3v) is 2.93. The molecular weight excluding hydrogens is 305 g/mol. The van der Waals surface area contributed by atoms with E-state index < -0.39 is 6.36 Å². The second-order valence-corrected chi connectivity index (χ2v) is 4.74. The highest BCUT2D eigenvalue weighted by molar-refractivity contribution is 6.29. The summed E-state index contributed by atoms with van der Waals surface area (Å²) in [6.45, 7) is 1.88. The van der Waals surface area contributed by atoms with Crippen LogP contribution in [0, 0.1) is 0 Å². The summed E-state index contributed by atoms with van der Waals surface area (Å²) in [6.07, 6.45) is -3.11. The molecular formula is C14H12ClF3N2O. The quantitative estimate of drug-likeness (QED) is 0.822. The molecule has 0 radical (unpaired) electrons. The molecule has 0 saturated heterocycles. The molecule has 1 heterocycles. The van der Waals surface area contributed by atoms with Crippen LogP contribution in [0.4, 0.5) is 18.9 Å². The lowest BCUT2D eigenvalue weighted by atomic mass is 10.1. The standard InChI is InChI=1S/C14H12ClF3N2O/c1-9(20-11-6-7-19-13(15)8-11)10-2-4-12(5-3-10)21-14(16,17)18/h2-9H,1H3,(H,19,20). The van der Waals surface area contributed by atoms with Gasteiger partial charge in [-0.3, -0.25) is 0 Å². The predicted molar refractivity (Wildman–Crippen MR) is 74.4 cm³/mol. The van der Waals surface area contributed by atoms with Gasteiger partial charge in [-0.1, -0.05) is 23.7 Å². The highest BCUT2D eigenvalue weighted by Crippen LogP contribution is 2.26. The Morgan fingerprint density at radius 1 is 1.19 bits per heavy atom. The number of benzene rings is 1. The molecule has 0 spiro atoms. The van der Waals surface area contributed by atoms with Crippen molar-refractivity contribution in [3.8, 4) is 5.75 Å². The first kappa shape index (κ1) is 15.4. The minimum Gasteiger partial charge on any atom is -0.406 e. The fraction of sp³-hybridized carbons (Fsp3) is 0.214. The lowest BCUT2D eigenvalue weighted by molar-refractivity contribution is -0.274. The number of hydrogen-bond acceptors (Lipinski definition) is 3. The smallest absolute Gasteiger partial charge is 0.406 e. The van der Waals surface area contributed by atoms with Gasteiger partial charge in [0.25, 0.3) is 0 Å². The summed E-state index contributed by atoms with van der Waals surface area (Å²) in [5, 5.41) is 3.54. The summed E-state index contributed by atoms with van der Waals surface area (Å²) in [5.74, 6) is -0.245. The zero-order chi connectivity index (χ0) is 15.5. The Labute approximate surface area is 124 Å². The molecule has 3 nitrogen and oxygen atoms in total. The summed E-state index contributed by atoms with van der Waals surface area (Å²) in [7, 11) is 0. The Kier molecular flexibility index (Phi) is 4.57. The zero-order valence-corrected chi connectivity index (χ0v) is 11.7. The van der Waals surface area contributed by atoms with Crippen LogP contribution in [-0.4, -0.2) is 11.3 Å². The van der Waals surface area contributed by atoms with E-state index >= 15 is 0 Å². The van der Waals surface area contributed by atoms with Crippen LogP contribution in [0.2, 0.25) is 5.15 Å². The third-order valence-electron chi connectivity index (χ3n) is 2.72. The summed E-state index contributed by atoms with van der Waals surface area (Å²) in [4.78, 5) is 3.87. The molecule has 1 N–H and O–H groups in total. The molecule has 2 rings (SSSR count). The number of halogens is 4. The first-order chi connectivity index (χ1) is 9.83. The van der Waals surface area contributed by atoms with Crippen LogP contribution in [0.5, 0.6) is 5.75 Å². The monoisotopic (exact) mass is 316 g/mol. The summed E-state index contributed by atoms with van der Waals surface area (Å²) < 4.78 is 40.0. The lowest BCUT2D eigenvalue weighted by Crippen LogP contribution is -2.17. The van der Waals surface area contributed by atoms with E-state index in [0.29, 0.717) is 5.15 Å². The molecule has 0 fully saturated rings. The van der Waals surface area contributed by atoms with Crippen molar-refractivity contribution in [2.45, 2.75) is 19.3 Å². The Morgan fingerprint density at radius 2 is 1.86 bits per heavy atom. The van der Waals surface area contributed by atoms with E-state index in [2.05, 4.69) is 15.0 Å². The number of pyridine rings is 1. The van der Waals surface area contributed by atoms with E-state index in [4.69, 9.17) is 11.6 Å². The van der Waals surface area contributed by atoms with Crippen LogP contribution in [0.1, 0.15) is 18.5 Å². The molecule has 2 aromatic rings. The molecule has 0 aliphatic heterocycles. The molecule has 0 amide bonds. The summed E-state index contributed by atoms with van der Waals surface area (Å²) in [5.41, 5.74) is 1.59. The van der Waals surface area contributed by atoms with E-state index in [1.165, 1.54) is 12.1 Å². The van der Waals surface area contributed by atoms with Crippen LogP contribution in [-0.2, 0) is 0 Å². The topological polar surface area (TPSA) is 34.2 Å². The van der Waals surface area contributed by atoms with Crippen molar-refractivity contribution in [1.82, 2.24) is 4.98 Å². The van der Waals surface area contributed by atoms with Crippen molar-refractivity contribution >= 4 is 17.3 Å². The molecule has 1 unspecified atom stereocenters. The van der Waals surface area contributed by atoms with Gasteiger partial charge in [0, 0.05) is 17.9 Å². The maximum Gasteiger partial charge on any atom is 0.573 e. The first-order valence-corrected chi connectivity index (χ1v) is 6.45. The number of ether oxygens (including phenoxy) is 1. The van der Waals surface area contributed by atoms with Crippen molar-refractivity contribution in [3.05, 3.63) is 53.3 Å². The molecule has 1 atom stereocenters. The third kappa shape index (κ3) is 4.82. The van der Waals surface area contributed by atoms with Gasteiger partial charge in [0.2, 0.25) is 0 Å². The van der Waals surface area contributed by atoms with Gasteiger partial charge in [0.05, 0.1) is 0 Å². The average molecular weight is 317 g/mol. The summed E-state index contributed by atoms with van der Waals surface area (Å²) >= 11 is 5.78. The minimum atomic E-state index is -4.68. The van der Waals surface area contributed by atoms with E-state index in [9.17, 15) is 13.2 Å². The Bertz CT molecular complexity index is 602. The zero-order valence-electron chi connectivity index (χ0n) is 11.0. The molecule has 7 heteroatoms. The van der Waals surface area contributed by atoms with Gasteiger partial charge in [0.15, 0.2) is 0 Å². The van der Waals surface area contributed by atoms with E-state index in [-0.39, 0.29) is 11.8 Å². The van der Waals surface area contributed by atoms with Crippen LogP contribution < -0.4 is 10.1 Å². The van der Waals surface area contributed by atoms with Gasteiger partial charge in [0.1, 0.15) is 10.9 Å². The highest BCUT2D eigenvalue weighted by atomic mass is 35.5. The minimum absolute atomic E-state index is 0.108. The van der Waals surface area contributed by atoms with Gasteiger partial charge < -0.3 is 10.1 Å². The van der Waals surface area contributed by atoms with E-state index in [1.807, 2.05) is 6.92 Å². The second kappa shape index (κ2) is 6.22. The fourth-order valence-corrected chi connectivity index (χ4v) is 1.96. The van der Waals surface area contributed by atoms with Gasteiger partial charge in [-0.15, -0.1) is 13.2 Å². The number of alkyl halides is 3. The van der Waals surface area contributed by atoms with Crippen molar-refractivity contribution < 1.29 is 17.9 Å². The maximum atomic E-state index is 12.1. The van der Waals surface area contributed by atoms with Crippen molar-refractivity contribution in [1.29, 1.82) is 0 Å². The maximum absolute atomic E-state index is 12.1. The SMILES string of the molecule is CC(Nc1ccnc(Cl)c1)c1ccc(OC(F)(F)F)cc1. The van der Waals surface area contributed by atoms with Gasteiger partial charge >= 0.3 is 6.36 Å². The van der Waals surface area contributed by atoms with Crippen LogP contribution in [0.15, 0.2) is 42.6 Å². The Morgan fingerprint density at radius 3 is 2.43 bits per heavy atom. The number of rotatable bonds is 4. The second-order valence-electron chi connectivity index (χ2n) is 4.35. The van der Waals surface area contributed by atoms with Crippen LogP contribution in [0.25, 0.3) is 0 Å². The average Bonchev–Trinajstić information content (AvgIpc) is 2.37. The predicted octanol–water partition coefficient (Wildman–Crippen LogP) is 4.81. The normalized spacial score (nSPS) is 12.8. The number of nitrogens with zero attached hydrogens (tertiary/aromatic N) is 1. The highest BCUT2D eigenvalue weighted by Gasteiger charge is 2.30. The van der Waals surface area contributed by atoms with Gasteiger partial charge in [-0.25, -0.2) is 4.98 Å². The van der Waals surface area contributed by atoms with E-state index in [0.717, 1.165) is 11.3 Å². The van der Waals surface area contributed by atoms with Gasteiger partial charge in [-0.2, -0.15) is 0 Å². The molecule has 0 bridgehead atoms. The Balaban J connectivity index is 2.04. The molecule has 1 aromatic carbocycles. The number of anilines is 1. The van der Waals surface area contributed by atoms with Crippen molar-refractivity contribution in [2.75, 3.05) is 5.32 Å². The molecule has 0 aliphatic carbocycles. The molecule has 112 valence electrons. The largest absolute Gasteiger partial charge is 0.573 e.